The van der Waals surface area contributed by atoms with E-state index in [0.717, 1.165) is 11.2 Å². The highest BCUT2D eigenvalue weighted by Crippen LogP contribution is 2.13. The Labute approximate surface area is 66.8 Å². The highest BCUT2D eigenvalue weighted by Gasteiger charge is 1.97. The zero-order valence-corrected chi connectivity index (χ0v) is 6.49. The van der Waals surface area contributed by atoms with E-state index >= 15 is 0 Å². The molecule has 1 rings (SSSR count). The summed E-state index contributed by atoms with van der Waals surface area (Å²) < 4.78 is 0. The Morgan fingerprint density at radius 2 is 2.40 bits per heavy atom. The molecule has 3 nitrogen and oxygen atoms in total. The molecular formula is C5H4ClN3S. The van der Waals surface area contributed by atoms with Crippen molar-refractivity contribution >= 4 is 28.6 Å². The molecule has 0 atom stereocenters. The fourth-order valence-electron chi connectivity index (χ4n) is 0.461. The molecule has 0 aromatic carbocycles. The first kappa shape index (κ1) is 7.28. The Morgan fingerprint density at radius 3 is 2.90 bits per heavy atom. The van der Waals surface area contributed by atoms with Gasteiger partial charge < -0.3 is 5.73 Å². The molecule has 0 aliphatic rings. The summed E-state index contributed by atoms with van der Waals surface area (Å²) >= 11 is 6.42. The van der Waals surface area contributed by atoms with Gasteiger partial charge in [0.05, 0.1) is 6.20 Å². The maximum Gasteiger partial charge on any atom is 0.165 e. The quantitative estimate of drug-likeness (QED) is 0.645. The first-order chi connectivity index (χ1) is 4.74. The average molecular weight is 174 g/mol. The van der Waals surface area contributed by atoms with E-state index in [4.69, 9.17) is 23.0 Å². The fraction of sp³-hybridized carbons (Fsp3) is 0. The topological polar surface area (TPSA) is 51.8 Å². The summed E-state index contributed by atoms with van der Waals surface area (Å²) in [4.78, 5) is 7.54. The van der Waals surface area contributed by atoms with Crippen molar-refractivity contribution in [3.8, 4) is 5.69 Å². The summed E-state index contributed by atoms with van der Waals surface area (Å²) in [5, 5.41) is 0.764. The van der Waals surface area contributed by atoms with Crippen LogP contribution in [0.2, 0.25) is 5.15 Å². The summed E-state index contributed by atoms with van der Waals surface area (Å²) in [5.41, 5.74) is 10.6. The van der Waals surface area contributed by atoms with Gasteiger partial charge in [-0.15, -0.1) is 5.69 Å². The Morgan fingerprint density at radius 1 is 1.70 bits per heavy atom. The van der Waals surface area contributed by atoms with Gasteiger partial charge in [0.15, 0.2) is 10.8 Å². The second-order valence-corrected chi connectivity index (χ2v) is 2.51. The summed E-state index contributed by atoms with van der Waals surface area (Å²) in [6.45, 7) is 0. The SMILES string of the molecule is C#Sc1ncc(Cl)nc1N. The lowest BCUT2D eigenvalue weighted by atomic mass is 10.7. The van der Waals surface area contributed by atoms with Gasteiger partial charge in [-0.1, -0.05) is 22.8 Å². The number of hydrogen-bond acceptors (Lipinski definition) is 3. The molecule has 0 aliphatic carbocycles. The number of anilines is 1. The third-order valence-corrected chi connectivity index (χ3v) is 1.57. The van der Waals surface area contributed by atoms with Crippen molar-refractivity contribution in [2.75, 3.05) is 5.73 Å². The summed E-state index contributed by atoms with van der Waals surface area (Å²) in [6.07, 6.45) is 1.40. The molecular weight excluding hydrogens is 170 g/mol. The van der Waals surface area contributed by atoms with E-state index in [-0.39, 0.29) is 11.0 Å². The van der Waals surface area contributed by atoms with Crippen molar-refractivity contribution in [1.82, 2.24) is 9.97 Å². The molecule has 1 heterocycles. The maximum absolute atomic E-state index is 5.47. The Hall–Kier alpha value is -0.830. The number of nitrogens with two attached hydrogens (primary N) is 1. The molecule has 0 fully saturated rings. The molecule has 1 aromatic rings. The summed E-state index contributed by atoms with van der Waals surface area (Å²) in [6, 6.07) is 0. The van der Waals surface area contributed by atoms with E-state index in [0.29, 0.717) is 5.03 Å². The minimum Gasteiger partial charge on any atom is -0.381 e. The predicted octanol–water partition coefficient (Wildman–Crippen LogP) is 1.39. The van der Waals surface area contributed by atoms with Crippen molar-refractivity contribution in [3.05, 3.63) is 11.3 Å². The van der Waals surface area contributed by atoms with E-state index in [1.165, 1.54) is 6.20 Å². The Bertz CT molecular complexity index is 293. The fourth-order valence-corrected chi connectivity index (χ4v) is 0.880. The van der Waals surface area contributed by atoms with Gasteiger partial charge >= 0.3 is 0 Å². The molecule has 0 unspecified atom stereocenters. The molecule has 52 valence electrons. The molecule has 0 saturated carbocycles. The summed E-state index contributed by atoms with van der Waals surface area (Å²) in [5.74, 6) is 0.264. The van der Waals surface area contributed by atoms with E-state index in [1.54, 1.807) is 0 Å². The van der Waals surface area contributed by atoms with Crippen molar-refractivity contribution in [2.45, 2.75) is 5.03 Å². The normalized spacial score (nSPS) is 9.20. The molecule has 2 N–H and O–H groups in total. The average Bonchev–Trinajstić information content (AvgIpc) is 1.88. The number of hydrogen-bond donors (Lipinski definition) is 1. The van der Waals surface area contributed by atoms with Crippen LogP contribution in [0.1, 0.15) is 0 Å². The standard InChI is InChI=1S/C5H4ClN3S/c1-10-5-4(7)9-3(6)2-8-5/h1-2H,(H2,7,9). The Balaban J connectivity index is 3.23. The van der Waals surface area contributed by atoms with Crippen molar-refractivity contribution in [3.63, 3.8) is 0 Å². The number of nitrogen functional groups attached to an aromatic ring is 1. The molecule has 0 amide bonds. The predicted molar refractivity (Wildman–Crippen MR) is 42.3 cm³/mol. The first-order valence-corrected chi connectivity index (χ1v) is 3.64. The molecule has 0 spiro atoms. The lowest BCUT2D eigenvalue weighted by molar-refractivity contribution is 1.08. The molecule has 0 saturated heterocycles. The Kier molecular flexibility index (Phi) is 2.06. The van der Waals surface area contributed by atoms with Crippen molar-refractivity contribution in [1.29, 1.82) is 0 Å². The van der Waals surface area contributed by atoms with Crippen LogP contribution in [0.4, 0.5) is 5.82 Å². The lowest BCUT2D eigenvalue weighted by Crippen LogP contribution is -1.93. The van der Waals surface area contributed by atoms with Gasteiger partial charge in [-0.2, -0.15) is 0 Å². The van der Waals surface area contributed by atoms with Crippen LogP contribution < -0.4 is 5.73 Å². The van der Waals surface area contributed by atoms with E-state index in [2.05, 4.69) is 9.97 Å². The molecule has 1 aromatic heterocycles. The third kappa shape index (κ3) is 1.36. The van der Waals surface area contributed by atoms with Crippen LogP contribution in [-0.4, -0.2) is 9.97 Å². The molecule has 0 aliphatic heterocycles. The monoisotopic (exact) mass is 173 g/mol. The van der Waals surface area contributed by atoms with Gasteiger partial charge in [-0.05, 0) is 0 Å². The molecule has 10 heavy (non-hydrogen) atoms. The minimum atomic E-state index is 0.264. The van der Waals surface area contributed by atoms with Crippen LogP contribution in [0.15, 0.2) is 11.2 Å². The van der Waals surface area contributed by atoms with Gasteiger partial charge in [0.2, 0.25) is 0 Å². The van der Waals surface area contributed by atoms with Gasteiger partial charge in [-0.3, -0.25) is 0 Å². The third-order valence-electron chi connectivity index (χ3n) is 0.846. The van der Waals surface area contributed by atoms with Crippen LogP contribution in [0, 0.1) is 5.69 Å². The number of halogens is 1. The van der Waals surface area contributed by atoms with E-state index < -0.39 is 0 Å². The van der Waals surface area contributed by atoms with Crippen LogP contribution in [0.3, 0.4) is 0 Å². The van der Waals surface area contributed by atoms with Gasteiger partial charge in [0.25, 0.3) is 0 Å². The zero-order chi connectivity index (χ0) is 7.56. The smallest absolute Gasteiger partial charge is 0.165 e. The van der Waals surface area contributed by atoms with Crippen LogP contribution in [0.5, 0.6) is 0 Å². The maximum atomic E-state index is 5.47. The van der Waals surface area contributed by atoms with Crippen LogP contribution in [0.25, 0.3) is 0 Å². The van der Waals surface area contributed by atoms with E-state index in [1.807, 2.05) is 0 Å². The second kappa shape index (κ2) is 2.84. The minimum absolute atomic E-state index is 0.264. The van der Waals surface area contributed by atoms with E-state index in [9.17, 15) is 0 Å². The highest BCUT2D eigenvalue weighted by molar-refractivity contribution is 7.88. The first-order valence-electron chi connectivity index (χ1n) is 2.39. The summed E-state index contributed by atoms with van der Waals surface area (Å²) in [7, 11) is 0. The van der Waals surface area contributed by atoms with Crippen LogP contribution in [-0.2, 0) is 0 Å². The van der Waals surface area contributed by atoms with Crippen molar-refractivity contribution in [2.24, 2.45) is 0 Å². The zero-order valence-electron chi connectivity index (χ0n) is 4.91. The molecule has 0 bridgehead atoms. The highest BCUT2D eigenvalue weighted by atomic mass is 35.5. The number of aromatic nitrogens is 2. The molecule has 0 radical (unpaired) electrons. The van der Waals surface area contributed by atoms with Gasteiger partial charge in [0, 0.05) is 0 Å². The van der Waals surface area contributed by atoms with Crippen molar-refractivity contribution < 1.29 is 0 Å². The number of rotatable bonds is 0. The van der Waals surface area contributed by atoms with Gasteiger partial charge in [0.1, 0.15) is 5.15 Å². The van der Waals surface area contributed by atoms with Crippen LogP contribution >= 0.6 is 22.8 Å². The lowest BCUT2D eigenvalue weighted by Gasteiger charge is -1.94. The number of nitrogens with zero attached hydrogens (tertiary/aromatic N) is 2. The molecule has 5 heteroatoms. The van der Waals surface area contributed by atoms with Gasteiger partial charge in [-0.25, -0.2) is 9.97 Å². The largest absolute Gasteiger partial charge is 0.381 e. The second-order valence-electron chi connectivity index (χ2n) is 1.50.